The van der Waals surface area contributed by atoms with Crippen LogP contribution < -0.4 is 10.1 Å². The van der Waals surface area contributed by atoms with Gasteiger partial charge in [-0.25, -0.2) is 0 Å². The van der Waals surface area contributed by atoms with Crippen molar-refractivity contribution in [3.63, 3.8) is 0 Å². The first-order chi connectivity index (χ1) is 9.79. The highest BCUT2D eigenvalue weighted by Gasteiger charge is 2.17. The molecule has 0 atom stereocenters. The van der Waals surface area contributed by atoms with E-state index in [2.05, 4.69) is 26.0 Å². The fraction of sp³-hybridized carbons (Fsp3) is 0.273. The number of carbonyl (C=O) groups is 2. The molecule has 2 N–H and O–H groups in total. The van der Waals surface area contributed by atoms with E-state index in [0.29, 0.717) is 0 Å². The molecule has 0 bridgehead atoms. The predicted octanol–water partition coefficient (Wildman–Crippen LogP) is 3.46. The van der Waals surface area contributed by atoms with Gasteiger partial charge in [-0.15, -0.1) is 11.8 Å². The van der Waals surface area contributed by atoms with Gasteiger partial charge in [-0.3, -0.25) is 9.59 Å². The SMILES string of the molecule is O=C(O)CSCC(=O)Nc1cc(Cl)cc(Br)c1OC(F)F. The fourth-order valence-electron chi connectivity index (χ4n) is 1.28. The number of aliphatic carboxylic acids is 1. The summed E-state index contributed by atoms with van der Waals surface area (Å²) in [6, 6.07) is 2.60. The Labute approximate surface area is 136 Å². The van der Waals surface area contributed by atoms with E-state index in [1.807, 2.05) is 0 Å². The van der Waals surface area contributed by atoms with Crippen molar-refractivity contribution >= 4 is 56.9 Å². The van der Waals surface area contributed by atoms with Crippen molar-refractivity contribution < 1.29 is 28.2 Å². The Kier molecular flexibility index (Phi) is 7.20. The second-order valence-corrected chi connectivity index (χ2v) is 5.85. The number of alkyl halides is 2. The smallest absolute Gasteiger partial charge is 0.387 e. The highest BCUT2D eigenvalue weighted by Crippen LogP contribution is 2.37. The Morgan fingerprint density at radius 1 is 1.43 bits per heavy atom. The Bertz CT molecular complexity index is 547. The third-order valence-electron chi connectivity index (χ3n) is 1.95. The molecule has 0 aliphatic heterocycles. The topological polar surface area (TPSA) is 75.6 Å². The van der Waals surface area contributed by atoms with Crippen molar-refractivity contribution in [1.29, 1.82) is 0 Å². The van der Waals surface area contributed by atoms with E-state index in [-0.39, 0.29) is 32.4 Å². The quantitative estimate of drug-likeness (QED) is 0.728. The maximum atomic E-state index is 12.4. The summed E-state index contributed by atoms with van der Waals surface area (Å²) in [4.78, 5) is 22.0. The Morgan fingerprint density at radius 3 is 2.67 bits per heavy atom. The van der Waals surface area contributed by atoms with Crippen LogP contribution in [-0.4, -0.2) is 35.1 Å². The van der Waals surface area contributed by atoms with E-state index in [1.165, 1.54) is 12.1 Å². The monoisotopic (exact) mass is 403 g/mol. The van der Waals surface area contributed by atoms with Gasteiger partial charge in [0.15, 0.2) is 5.75 Å². The van der Waals surface area contributed by atoms with Crippen molar-refractivity contribution in [3.05, 3.63) is 21.6 Å². The normalized spacial score (nSPS) is 10.5. The molecule has 21 heavy (non-hydrogen) atoms. The summed E-state index contributed by atoms with van der Waals surface area (Å²) in [6.45, 7) is -3.07. The van der Waals surface area contributed by atoms with Crippen molar-refractivity contribution in [3.8, 4) is 5.75 Å². The Morgan fingerprint density at radius 2 is 2.10 bits per heavy atom. The van der Waals surface area contributed by atoms with Crippen LogP contribution in [0, 0.1) is 0 Å². The van der Waals surface area contributed by atoms with Crippen LogP contribution in [0.3, 0.4) is 0 Å². The summed E-state index contributed by atoms with van der Waals surface area (Å²) in [7, 11) is 0. The molecule has 0 spiro atoms. The van der Waals surface area contributed by atoms with Crippen LogP contribution in [0.2, 0.25) is 5.02 Å². The number of ether oxygens (including phenoxy) is 1. The molecule has 0 unspecified atom stereocenters. The van der Waals surface area contributed by atoms with E-state index in [0.717, 1.165) is 11.8 Å². The molecule has 1 aromatic rings. The Balaban J connectivity index is 2.81. The van der Waals surface area contributed by atoms with Crippen LogP contribution in [0.4, 0.5) is 14.5 Å². The van der Waals surface area contributed by atoms with Gasteiger partial charge < -0.3 is 15.2 Å². The standard InChI is InChI=1S/C11H9BrClF2NO4S/c12-6-1-5(13)2-7(10(6)20-11(14)15)16-8(17)3-21-4-9(18)19/h1-2,11H,3-4H2,(H,16,17)(H,18,19). The molecule has 0 heterocycles. The summed E-state index contributed by atoms with van der Waals surface area (Å²) < 4.78 is 29.2. The Hall–Kier alpha value is -1.06. The molecule has 0 aromatic heterocycles. The number of carboxylic acids is 1. The van der Waals surface area contributed by atoms with Crippen molar-refractivity contribution in [2.75, 3.05) is 16.8 Å². The van der Waals surface area contributed by atoms with Gasteiger partial charge in [0.1, 0.15) is 0 Å². The van der Waals surface area contributed by atoms with Crippen molar-refractivity contribution in [2.45, 2.75) is 6.61 Å². The minimum absolute atomic E-state index is 0.0319. The molecule has 0 radical (unpaired) electrons. The van der Waals surface area contributed by atoms with Gasteiger partial charge >= 0.3 is 12.6 Å². The largest absolute Gasteiger partial charge is 0.481 e. The maximum absolute atomic E-state index is 12.4. The van der Waals surface area contributed by atoms with Crippen LogP contribution in [-0.2, 0) is 9.59 Å². The van der Waals surface area contributed by atoms with Crippen LogP contribution in [0.5, 0.6) is 5.75 Å². The molecule has 0 saturated carbocycles. The zero-order chi connectivity index (χ0) is 16.0. The van der Waals surface area contributed by atoms with E-state index in [4.69, 9.17) is 16.7 Å². The molecule has 116 valence electrons. The summed E-state index contributed by atoms with van der Waals surface area (Å²) in [5.41, 5.74) is -0.0319. The second-order valence-electron chi connectivity index (χ2n) is 3.58. The van der Waals surface area contributed by atoms with Crippen LogP contribution in [0.15, 0.2) is 16.6 Å². The van der Waals surface area contributed by atoms with Gasteiger partial charge in [-0.2, -0.15) is 8.78 Å². The zero-order valence-corrected chi connectivity index (χ0v) is 13.4. The highest BCUT2D eigenvalue weighted by molar-refractivity contribution is 9.10. The van der Waals surface area contributed by atoms with Crippen LogP contribution >= 0.6 is 39.3 Å². The average Bonchev–Trinajstić information content (AvgIpc) is 2.32. The van der Waals surface area contributed by atoms with Crippen LogP contribution in [0.1, 0.15) is 0 Å². The number of hydrogen-bond donors (Lipinski definition) is 2. The van der Waals surface area contributed by atoms with Gasteiger partial charge in [-0.05, 0) is 28.1 Å². The van der Waals surface area contributed by atoms with E-state index in [9.17, 15) is 18.4 Å². The molecule has 5 nitrogen and oxygen atoms in total. The van der Waals surface area contributed by atoms with Crippen molar-refractivity contribution in [2.24, 2.45) is 0 Å². The summed E-state index contributed by atoms with van der Waals surface area (Å²) in [5, 5.41) is 11.0. The molecule has 0 saturated heterocycles. The molecule has 1 rings (SSSR count). The number of rotatable bonds is 7. The van der Waals surface area contributed by atoms with E-state index in [1.54, 1.807) is 0 Å². The van der Waals surface area contributed by atoms with Crippen LogP contribution in [0.25, 0.3) is 0 Å². The van der Waals surface area contributed by atoms with Gasteiger partial charge in [0, 0.05) is 5.02 Å². The third-order valence-corrected chi connectivity index (χ3v) is 3.67. The average molecular weight is 405 g/mol. The molecule has 0 fully saturated rings. The first kappa shape index (κ1) is 18.0. The number of carboxylic acid groups (broad SMARTS) is 1. The molecule has 1 aromatic carbocycles. The minimum Gasteiger partial charge on any atom is -0.481 e. The third kappa shape index (κ3) is 6.49. The predicted molar refractivity (Wildman–Crippen MR) is 79.4 cm³/mol. The minimum atomic E-state index is -3.07. The lowest BCUT2D eigenvalue weighted by Gasteiger charge is -2.14. The van der Waals surface area contributed by atoms with Gasteiger partial charge in [0.25, 0.3) is 0 Å². The first-order valence-corrected chi connectivity index (χ1v) is 7.65. The summed E-state index contributed by atoms with van der Waals surface area (Å²) in [5.74, 6) is -2.27. The maximum Gasteiger partial charge on any atom is 0.387 e. The second kappa shape index (κ2) is 8.40. The van der Waals surface area contributed by atoms with Crippen molar-refractivity contribution in [1.82, 2.24) is 0 Å². The summed E-state index contributed by atoms with van der Waals surface area (Å²) in [6.07, 6.45) is 0. The highest BCUT2D eigenvalue weighted by atomic mass is 79.9. The number of benzene rings is 1. The lowest BCUT2D eigenvalue weighted by molar-refractivity contribution is -0.133. The molecule has 1 amide bonds. The van der Waals surface area contributed by atoms with Gasteiger partial charge in [0.2, 0.25) is 5.91 Å². The number of nitrogens with one attached hydrogen (secondary N) is 1. The van der Waals surface area contributed by atoms with Gasteiger partial charge in [-0.1, -0.05) is 11.6 Å². The number of carbonyl (C=O) groups excluding carboxylic acids is 1. The lowest BCUT2D eigenvalue weighted by atomic mass is 10.3. The number of thioether (sulfide) groups is 1. The molecular weight excluding hydrogens is 396 g/mol. The fourth-order valence-corrected chi connectivity index (χ4v) is 2.72. The first-order valence-electron chi connectivity index (χ1n) is 5.33. The lowest BCUT2D eigenvalue weighted by Crippen LogP contribution is -2.17. The molecule has 0 aliphatic rings. The summed E-state index contributed by atoms with van der Waals surface area (Å²) >= 11 is 9.66. The van der Waals surface area contributed by atoms with Gasteiger partial charge in [0.05, 0.1) is 21.7 Å². The number of amides is 1. The zero-order valence-electron chi connectivity index (χ0n) is 10.2. The molecular formula is C11H9BrClF2NO4S. The molecule has 0 aliphatic carbocycles. The van der Waals surface area contributed by atoms with E-state index < -0.39 is 18.5 Å². The number of halogens is 4. The van der Waals surface area contributed by atoms with E-state index >= 15 is 0 Å². The number of anilines is 1. The molecule has 10 heteroatoms. The number of hydrogen-bond acceptors (Lipinski definition) is 4.